The highest BCUT2D eigenvalue weighted by atomic mass is 16.5. The Morgan fingerprint density at radius 3 is 2.68 bits per heavy atom. The summed E-state index contributed by atoms with van der Waals surface area (Å²) in [7, 11) is 0. The molecule has 1 saturated carbocycles. The number of amides is 1. The first kappa shape index (κ1) is 14.8. The molecule has 2 fully saturated rings. The van der Waals surface area contributed by atoms with Gasteiger partial charge in [-0.15, -0.1) is 0 Å². The molecule has 0 aromatic heterocycles. The molecule has 1 aliphatic heterocycles. The first-order chi connectivity index (χ1) is 8.95. The van der Waals surface area contributed by atoms with Crippen molar-refractivity contribution in [2.24, 2.45) is 5.73 Å². The van der Waals surface area contributed by atoms with Crippen LogP contribution in [0.15, 0.2) is 0 Å². The van der Waals surface area contributed by atoms with Gasteiger partial charge in [0.2, 0.25) is 5.91 Å². The fourth-order valence-corrected chi connectivity index (χ4v) is 2.97. The van der Waals surface area contributed by atoms with Gasteiger partial charge in [0.15, 0.2) is 0 Å². The van der Waals surface area contributed by atoms with Crippen molar-refractivity contribution in [3.05, 3.63) is 0 Å². The van der Waals surface area contributed by atoms with Crippen LogP contribution in [0.1, 0.15) is 33.6 Å². The lowest BCUT2D eigenvalue weighted by Crippen LogP contribution is -2.56. The Kier molecular flexibility index (Phi) is 4.48. The van der Waals surface area contributed by atoms with E-state index >= 15 is 0 Å². The maximum atomic E-state index is 12.3. The number of carbonyl (C=O) groups is 1. The van der Waals surface area contributed by atoms with E-state index in [1.807, 2.05) is 4.90 Å². The minimum atomic E-state index is -0.223. The zero-order valence-corrected chi connectivity index (χ0v) is 12.4. The number of carbonyl (C=O) groups excluding carboxylic acids is 1. The fourth-order valence-electron chi connectivity index (χ4n) is 2.97. The van der Waals surface area contributed by atoms with Crippen LogP contribution >= 0.6 is 0 Å². The number of likely N-dealkylation sites (N-methyl/N-ethyl adjacent to an activating group) is 1. The molecule has 0 radical (unpaired) electrons. The Bertz CT molecular complexity index is 329. The summed E-state index contributed by atoms with van der Waals surface area (Å²) in [5.74, 6) is 0.249. The van der Waals surface area contributed by atoms with Crippen molar-refractivity contribution in [2.45, 2.75) is 51.4 Å². The summed E-state index contributed by atoms with van der Waals surface area (Å²) in [6.07, 6.45) is 2.37. The van der Waals surface area contributed by atoms with E-state index in [1.54, 1.807) is 0 Å². The Balaban J connectivity index is 1.91. The molecule has 0 aromatic rings. The lowest BCUT2D eigenvalue weighted by Gasteiger charge is -2.42. The van der Waals surface area contributed by atoms with Crippen LogP contribution in [0.2, 0.25) is 0 Å². The van der Waals surface area contributed by atoms with Gasteiger partial charge in [-0.1, -0.05) is 0 Å². The number of rotatable bonds is 5. The van der Waals surface area contributed by atoms with Crippen LogP contribution in [0, 0.1) is 0 Å². The molecule has 110 valence electrons. The molecule has 1 amide bonds. The second-order valence-corrected chi connectivity index (χ2v) is 6.32. The predicted molar refractivity (Wildman–Crippen MR) is 74.9 cm³/mol. The van der Waals surface area contributed by atoms with Gasteiger partial charge in [0.05, 0.1) is 18.2 Å². The van der Waals surface area contributed by atoms with Gasteiger partial charge in [0.1, 0.15) is 0 Å². The summed E-state index contributed by atoms with van der Waals surface area (Å²) >= 11 is 0. The molecule has 1 aliphatic carbocycles. The standard InChI is InChI=1S/C14H27N3O2/c1-4-17(11-5-6-11)13(18)9-16-8-12(7-15)19-14(2,3)10-16/h11-12H,4-10,15H2,1-3H3. The summed E-state index contributed by atoms with van der Waals surface area (Å²) in [6, 6.07) is 0.497. The number of ether oxygens (including phenoxy) is 1. The molecule has 19 heavy (non-hydrogen) atoms. The van der Waals surface area contributed by atoms with Crippen molar-refractivity contribution in [1.82, 2.24) is 9.80 Å². The largest absolute Gasteiger partial charge is 0.368 e. The number of hydrogen-bond donors (Lipinski definition) is 1. The quantitative estimate of drug-likeness (QED) is 0.786. The van der Waals surface area contributed by atoms with Crippen molar-refractivity contribution in [2.75, 3.05) is 32.7 Å². The number of hydrogen-bond acceptors (Lipinski definition) is 4. The van der Waals surface area contributed by atoms with Crippen molar-refractivity contribution in [3.63, 3.8) is 0 Å². The highest BCUT2D eigenvalue weighted by molar-refractivity contribution is 5.79. The van der Waals surface area contributed by atoms with E-state index in [1.165, 1.54) is 12.8 Å². The average Bonchev–Trinajstić information content (AvgIpc) is 3.12. The molecule has 0 aromatic carbocycles. The monoisotopic (exact) mass is 269 g/mol. The van der Waals surface area contributed by atoms with Crippen LogP contribution in [0.5, 0.6) is 0 Å². The van der Waals surface area contributed by atoms with Crippen LogP contribution < -0.4 is 5.73 Å². The normalized spacial score (nSPS) is 27.3. The second-order valence-electron chi connectivity index (χ2n) is 6.32. The molecule has 1 heterocycles. The molecule has 1 atom stereocenters. The molecule has 2 rings (SSSR count). The SMILES string of the molecule is CCN(C(=O)CN1CC(CN)OC(C)(C)C1)C1CC1. The molecular formula is C14H27N3O2. The van der Waals surface area contributed by atoms with E-state index in [-0.39, 0.29) is 17.6 Å². The van der Waals surface area contributed by atoms with Crippen LogP contribution in [-0.2, 0) is 9.53 Å². The van der Waals surface area contributed by atoms with Crippen LogP contribution in [-0.4, -0.2) is 66.2 Å². The highest BCUT2D eigenvalue weighted by Crippen LogP contribution is 2.27. The fraction of sp³-hybridized carbons (Fsp3) is 0.929. The number of morpholine rings is 1. The summed E-state index contributed by atoms with van der Waals surface area (Å²) < 4.78 is 5.89. The summed E-state index contributed by atoms with van der Waals surface area (Å²) in [6.45, 7) is 9.54. The third-order valence-electron chi connectivity index (χ3n) is 3.82. The van der Waals surface area contributed by atoms with Gasteiger partial charge in [-0.2, -0.15) is 0 Å². The zero-order chi connectivity index (χ0) is 14.0. The summed E-state index contributed by atoms with van der Waals surface area (Å²) in [5, 5.41) is 0. The van der Waals surface area contributed by atoms with E-state index in [9.17, 15) is 4.79 Å². The van der Waals surface area contributed by atoms with E-state index in [0.29, 0.717) is 19.1 Å². The van der Waals surface area contributed by atoms with Gasteiger partial charge >= 0.3 is 0 Å². The average molecular weight is 269 g/mol. The maximum absolute atomic E-state index is 12.3. The zero-order valence-electron chi connectivity index (χ0n) is 12.4. The van der Waals surface area contributed by atoms with Crippen molar-refractivity contribution < 1.29 is 9.53 Å². The lowest BCUT2D eigenvalue weighted by molar-refractivity contribution is -0.147. The topological polar surface area (TPSA) is 58.8 Å². The first-order valence-electron chi connectivity index (χ1n) is 7.35. The van der Waals surface area contributed by atoms with Gasteiger partial charge in [-0.3, -0.25) is 9.69 Å². The molecule has 5 nitrogen and oxygen atoms in total. The Labute approximate surface area is 116 Å². The first-order valence-corrected chi connectivity index (χ1v) is 7.35. The molecule has 0 spiro atoms. The number of nitrogens with two attached hydrogens (primary N) is 1. The minimum absolute atomic E-state index is 0.0348. The van der Waals surface area contributed by atoms with Crippen LogP contribution in [0.4, 0.5) is 0 Å². The smallest absolute Gasteiger partial charge is 0.236 e. The molecule has 1 unspecified atom stereocenters. The van der Waals surface area contributed by atoms with Gasteiger partial charge in [0.25, 0.3) is 0 Å². The van der Waals surface area contributed by atoms with Crippen molar-refractivity contribution in [1.29, 1.82) is 0 Å². The van der Waals surface area contributed by atoms with Crippen molar-refractivity contribution >= 4 is 5.91 Å². The Morgan fingerprint density at radius 1 is 1.47 bits per heavy atom. The van der Waals surface area contributed by atoms with Gasteiger partial charge in [-0.05, 0) is 33.6 Å². The molecule has 1 saturated heterocycles. The minimum Gasteiger partial charge on any atom is -0.368 e. The lowest BCUT2D eigenvalue weighted by atomic mass is 10.1. The molecule has 5 heteroatoms. The van der Waals surface area contributed by atoms with E-state index < -0.39 is 0 Å². The van der Waals surface area contributed by atoms with E-state index in [0.717, 1.165) is 19.6 Å². The van der Waals surface area contributed by atoms with Gasteiger partial charge < -0.3 is 15.4 Å². The maximum Gasteiger partial charge on any atom is 0.236 e. The van der Waals surface area contributed by atoms with Gasteiger partial charge in [0, 0.05) is 32.2 Å². The Hall–Kier alpha value is -0.650. The summed E-state index contributed by atoms with van der Waals surface area (Å²) in [5.41, 5.74) is 5.49. The number of nitrogens with zero attached hydrogens (tertiary/aromatic N) is 2. The summed E-state index contributed by atoms with van der Waals surface area (Å²) in [4.78, 5) is 16.5. The third-order valence-corrected chi connectivity index (χ3v) is 3.82. The third kappa shape index (κ3) is 3.91. The second kappa shape index (κ2) is 5.77. The van der Waals surface area contributed by atoms with E-state index in [4.69, 9.17) is 10.5 Å². The molecule has 2 aliphatic rings. The molecular weight excluding hydrogens is 242 g/mol. The van der Waals surface area contributed by atoms with Crippen molar-refractivity contribution in [3.8, 4) is 0 Å². The van der Waals surface area contributed by atoms with Crippen LogP contribution in [0.25, 0.3) is 0 Å². The molecule has 0 bridgehead atoms. The van der Waals surface area contributed by atoms with E-state index in [2.05, 4.69) is 25.7 Å². The van der Waals surface area contributed by atoms with Gasteiger partial charge in [-0.25, -0.2) is 0 Å². The Morgan fingerprint density at radius 2 is 2.16 bits per heavy atom. The van der Waals surface area contributed by atoms with Crippen LogP contribution in [0.3, 0.4) is 0 Å². The highest BCUT2D eigenvalue weighted by Gasteiger charge is 2.36. The predicted octanol–water partition coefficient (Wildman–Crippen LogP) is 0.435. The molecule has 2 N–H and O–H groups in total.